The molecule has 0 saturated heterocycles. The lowest BCUT2D eigenvalue weighted by atomic mass is 9.72. The quantitative estimate of drug-likeness (QED) is 0.288. The number of rotatable bonds is 5. The van der Waals surface area contributed by atoms with E-state index in [0.717, 1.165) is 57.7 Å². The van der Waals surface area contributed by atoms with Crippen LogP contribution in [0.5, 0.6) is 0 Å². The maximum atomic E-state index is 9.38. The normalized spacial score (nSPS) is 13.9. The Morgan fingerprint density at radius 2 is 1.57 bits per heavy atom. The monoisotopic (exact) mass is 492 g/mol. The zero-order chi connectivity index (χ0) is 25.8. The average molecular weight is 493 g/mol. The highest BCUT2D eigenvalue weighted by molar-refractivity contribution is 5.83. The summed E-state index contributed by atoms with van der Waals surface area (Å²) < 4.78 is 1.90. The van der Waals surface area contributed by atoms with Gasteiger partial charge in [0.2, 0.25) is 0 Å². The van der Waals surface area contributed by atoms with Crippen molar-refractivity contribution < 1.29 is 15.0 Å². The molecule has 1 fully saturated rings. The summed E-state index contributed by atoms with van der Waals surface area (Å²) in [6.07, 6.45) is 5.13. The van der Waals surface area contributed by atoms with Gasteiger partial charge in [0, 0.05) is 22.2 Å². The second kappa shape index (κ2) is 10.3. The van der Waals surface area contributed by atoms with Crippen LogP contribution < -0.4 is 5.73 Å². The van der Waals surface area contributed by atoms with Gasteiger partial charge in [-0.05, 0) is 42.0 Å². The van der Waals surface area contributed by atoms with Crippen LogP contribution in [-0.2, 0) is 16.9 Å². The molecule has 0 spiro atoms. The molecule has 2 aromatic heterocycles. The fourth-order valence-electron chi connectivity index (χ4n) is 4.75. The molecule has 4 N–H and O–H groups in total. The van der Waals surface area contributed by atoms with Crippen molar-refractivity contribution in [3.05, 3.63) is 102 Å². The van der Waals surface area contributed by atoms with Crippen molar-refractivity contribution in [3.63, 3.8) is 0 Å². The van der Waals surface area contributed by atoms with Crippen LogP contribution in [0.1, 0.15) is 30.4 Å². The van der Waals surface area contributed by atoms with Crippen molar-refractivity contribution in [1.82, 2.24) is 14.6 Å². The van der Waals surface area contributed by atoms with Gasteiger partial charge in [0.15, 0.2) is 5.65 Å². The van der Waals surface area contributed by atoms with Crippen LogP contribution in [0, 0.1) is 0 Å². The van der Waals surface area contributed by atoms with E-state index in [9.17, 15) is 5.11 Å². The summed E-state index contributed by atoms with van der Waals surface area (Å²) in [5.41, 5.74) is 15.2. The van der Waals surface area contributed by atoms with Crippen LogP contribution in [0.25, 0.3) is 39.3 Å². The topological polar surface area (TPSA) is 114 Å². The molecule has 1 saturated carbocycles. The van der Waals surface area contributed by atoms with Crippen molar-refractivity contribution in [2.24, 2.45) is 5.73 Å². The van der Waals surface area contributed by atoms with E-state index in [1.54, 1.807) is 0 Å². The number of aliphatic hydroxyl groups is 1. The van der Waals surface area contributed by atoms with Gasteiger partial charge in [-0.1, -0.05) is 78.9 Å². The van der Waals surface area contributed by atoms with Gasteiger partial charge in [-0.25, -0.2) is 9.50 Å². The number of hydrogen-bond acceptors (Lipinski definition) is 5. The SMILES string of the molecule is NC1(c2ccc(-c3nn4c(-c5ccc(CO)cc5)cnc4cc3-c3ccccc3)cc2)CCC1.O=CO. The Bertz CT molecular complexity index is 1510. The van der Waals surface area contributed by atoms with Gasteiger partial charge in [-0.3, -0.25) is 4.79 Å². The minimum Gasteiger partial charge on any atom is -0.483 e. The van der Waals surface area contributed by atoms with Crippen LogP contribution in [0.3, 0.4) is 0 Å². The highest BCUT2D eigenvalue weighted by Crippen LogP contribution is 2.40. The number of carboxylic acid groups (broad SMARTS) is 1. The number of imidazole rings is 1. The van der Waals surface area contributed by atoms with Gasteiger partial charge in [0.25, 0.3) is 6.47 Å². The molecule has 0 unspecified atom stereocenters. The van der Waals surface area contributed by atoms with Crippen LogP contribution in [0.4, 0.5) is 0 Å². The third-order valence-electron chi connectivity index (χ3n) is 6.99. The summed E-state index contributed by atoms with van der Waals surface area (Å²) in [4.78, 5) is 13.0. The van der Waals surface area contributed by atoms with Crippen LogP contribution in [0.15, 0.2) is 91.1 Å². The molecule has 2 heterocycles. The van der Waals surface area contributed by atoms with Gasteiger partial charge in [-0.15, -0.1) is 0 Å². The minimum atomic E-state index is -0.250. The van der Waals surface area contributed by atoms with E-state index in [-0.39, 0.29) is 18.6 Å². The lowest BCUT2D eigenvalue weighted by molar-refractivity contribution is -0.122. The molecular formula is C30H28N4O3. The number of fused-ring (bicyclic) bond motifs is 1. The Morgan fingerprint density at radius 3 is 2.16 bits per heavy atom. The third-order valence-corrected chi connectivity index (χ3v) is 6.99. The molecule has 7 nitrogen and oxygen atoms in total. The van der Waals surface area contributed by atoms with Crippen molar-refractivity contribution in [1.29, 1.82) is 0 Å². The fourth-order valence-corrected chi connectivity index (χ4v) is 4.75. The number of benzene rings is 3. The van der Waals surface area contributed by atoms with Crippen LogP contribution in [-0.4, -0.2) is 31.3 Å². The fraction of sp³-hybridized carbons (Fsp3) is 0.167. The smallest absolute Gasteiger partial charge is 0.290 e. The predicted octanol–water partition coefficient (Wildman–Crippen LogP) is 5.26. The van der Waals surface area contributed by atoms with E-state index in [4.69, 9.17) is 20.7 Å². The molecule has 3 aromatic carbocycles. The number of aliphatic hydroxyl groups excluding tert-OH is 1. The summed E-state index contributed by atoms with van der Waals surface area (Å²) in [5.74, 6) is 0. The molecule has 5 aromatic rings. The molecule has 1 aliphatic carbocycles. The van der Waals surface area contributed by atoms with Crippen molar-refractivity contribution >= 4 is 12.1 Å². The summed E-state index contributed by atoms with van der Waals surface area (Å²) in [7, 11) is 0. The second-order valence-electron chi connectivity index (χ2n) is 9.23. The highest BCUT2D eigenvalue weighted by Gasteiger charge is 2.34. The Hall–Kier alpha value is -4.33. The van der Waals surface area contributed by atoms with E-state index < -0.39 is 0 Å². The highest BCUT2D eigenvalue weighted by atomic mass is 16.3. The van der Waals surface area contributed by atoms with Crippen molar-refractivity contribution in [3.8, 4) is 33.6 Å². The van der Waals surface area contributed by atoms with Crippen LogP contribution in [0.2, 0.25) is 0 Å². The number of carbonyl (C=O) groups is 1. The Balaban J connectivity index is 0.000000892. The van der Waals surface area contributed by atoms with Gasteiger partial charge in [0.1, 0.15) is 0 Å². The zero-order valence-electron chi connectivity index (χ0n) is 20.3. The average Bonchev–Trinajstić information content (AvgIpc) is 3.35. The third kappa shape index (κ3) is 4.74. The van der Waals surface area contributed by atoms with Gasteiger partial charge in [-0.2, -0.15) is 5.10 Å². The van der Waals surface area contributed by atoms with E-state index in [0.29, 0.717) is 0 Å². The first-order chi connectivity index (χ1) is 18.1. The predicted molar refractivity (Wildman–Crippen MR) is 144 cm³/mol. The van der Waals surface area contributed by atoms with Crippen molar-refractivity contribution in [2.75, 3.05) is 0 Å². The molecule has 6 rings (SSSR count). The summed E-state index contributed by atoms with van der Waals surface area (Å²) in [5, 5.41) is 21.4. The Kier molecular flexibility index (Phi) is 6.81. The molecule has 37 heavy (non-hydrogen) atoms. The minimum absolute atomic E-state index is 0.0242. The summed E-state index contributed by atoms with van der Waals surface area (Å²) >= 11 is 0. The zero-order valence-corrected chi connectivity index (χ0v) is 20.3. The molecule has 0 radical (unpaired) electrons. The first kappa shape index (κ1) is 24.4. The number of aromatic nitrogens is 3. The van der Waals surface area contributed by atoms with E-state index in [2.05, 4.69) is 47.4 Å². The summed E-state index contributed by atoms with van der Waals surface area (Å²) in [6.45, 7) is -0.226. The van der Waals surface area contributed by atoms with Crippen molar-refractivity contribution in [2.45, 2.75) is 31.4 Å². The summed E-state index contributed by atoms with van der Waals surface area (Å²) in [6, 6.07) is 28.8. The number of nitrogens with zero attached hydrogens (tertiary/aromatic N) is 3. The molecular weight excluding hydrogens is 464 g/mol. The first-order valence-corrected chi connectivity index (χ1v) is 12.2. The maximum Gasteiger partial charge on any atom is 0.290 e. The van der Waals surface area contributed by atoms with Gasteiger partial charge in [0.05, 0.1) is 24.2 Å². The van der Waals surface area contributed by atoms with E-state index in [1.165, 1.54) is 12.0 Å². The van der Waals surface area contributed by atoms with E-state index in [1.807, 2.05) is 53.2 Å². The molecule has 0 aliphatic heterocycles. The maximum absolute atomic E-state index is 9.38. The molecule has 7 heteroatoms. The van der Waals surface area contributed by atoms with Gasteiger partial charge >= 0.3 is 0 Å². The number of hydrogen-bond donors (Lipinski definition) is 3. The molecule has 186 valence electrons. The lowest BCUT2D eigenvalue weighted by Gasteiger charge is -2.38. The number of nitrogens with two attached hydrogens (primary N) is 1. The second-order valence-corrected chi connectivity index (χ2v) is 9.23. The largest absolute Gasteiger partial charge is 0.483 e. The first-order valence-electron chi connectivity index (χ1n) is 12.2. The molecule has 1 aliphatic rings. The Labute approximate surface area is 214 Å². The van der Waals surface area contributed by atoms with Crippen LogP contribution >= 0.6 is 0 Å². The van der Waals surface area contributed by atoms with Gasteiger partial charge < -0.3 is 15.9 Å². The van der Waals surface area contributed by atoms with E-state index >= 15 is 0 Å². The molecule has 0 amide bonds. The molecule has 0 bridgehead atoms. The lowest BCUT2D eigenvalue weighted by Crippen LogP contribution is -2.43. The molecule has 0 atom stereocenters. The Morgan fingerprint density at radius 1 is 0.919 bits per heavy atom. The standard InChI is InChI=1S/C29H26N4O.CH2O2/c30-29(15-4-16-29)24-13-11-23(12-14-24)28-25(21-5-2-1-3-6-21)17-27-31-18-26(33(27)32-28)22-9-7-20(19-34)8-10-22;2-1-3/h1-3,5-14,17-18,34H,4,15-16,19,30H2;1H,(H,2,3).